The molecule has 98 valence electrons. The van der Waals surface area contributed by atoms with Crippen molar-refractivity contribution in [1.82, 2.24) is 4.98 Å². The van der Waals surface area contributed by atoms with Gasteiger partial charge in [-0.15, -0.1) is 11.3 Å². The van der Waals surface area contributed by atoms with E-state index in [9.17, 15) is 4.79 Å². The van der Waals surface area contributed by atoms with Gasteiger partial charge in [-0.3, -0.25) is 0 Å². The summed E-state index contributed by atoms with van der Waals surface area (Å²) in [6, 6.07) is 9.56. The molecule has 0 bridgehead atoms. The summed E-state index contributed by atoms with van der Waals surface area (Å²) in [6.07, 6.45) is 1.76. The van der Waals surface area contributed by atoms with E-state index in [1.807, 2.05) is 30.3 Å². The van der Waals surface area contributed by atoms with Crippen LogP contribution in [0.5, 0.6) is 0 Å². The third-order valence-electron chi connectivity index (χ3n) is 2.40. The molecule has 5 heteroatoms. The maximum absolute atomic E-state index is 12.0. The fraction of sp³-hybridized carbons (Fsp3) is 0.143. The number of benzene rings is 1. The van der Waals surface area contributed by atoms with Crippen LogP contribution >= 0.6 is 11.3 Å². The second-order valence-corrected chi connectivity index (χ2v) is 4.65. The average molecular weight is 274 g/mol. The lowest BCUT2D eigenvalue weighted by molar-refractivity contribution is -0.136. The number of nitrogens with zero attached hydrogens (tertiary/aromatic N) is 1. The van der Waals surface area contributed by atoms with E-state index in [-0.39, 0.29) is 0 Å². The molecule has 0 saturated heterocycles. The molecule has 0 saturated carbocycles. The van der Waals surface area contributed by atoms with Crippen LogP contribution in [0.1, 0.15) is 18.2 Å². The molecule has 2 aromatic rings. The first-order chi connectivity index (χ1) is 9.20. The molecule has 0 atom stereocenters. The number of carbonyl (C=O) groups is 1. The summed E-state index contributed by atoms with van der Waals surface area (Å²) in [7, 11) is 0. The minimum absolute atomic E-state index is 0.324. The van der Waals surface area contributed by atoms with Crippen molar-refractivity contribution in [1.29, 1.82) is 0 Å². The van der Waals surface area contributed by atoms with Crippen LogP contribution in [-0.2, 0) is 9.53 Å². The van der Waals surface area contributed by atoms with Crippen LogP contribution in [0.2, 0.25) is 0 Å². The molecule has 0 aliphatic carbocycles. The van der Waals surface area contributed by atoms with Crippen LogP contribution in [-0.4, -0.2) is 17.6 Å². The number of hydrogen-bond acceptors (Lipinski definition) is 5. The number of ether oxygens (including phenoxy) is 1. The van der Waals surface area contributed by atoms with Crippen LogP contribution in [0.25, 0.3) is 11.6 Å². The second-order valence-electron chi connectivity index (χ2n) is 3.76. The fourth-order valence-electron chi connectivity index (χ4n) is 1.57. The lowest BCUT2D eigenvalue weighted by Gasteiger charge is -2.04. The van der Waals surface area contributed by atoms with Gasteiger partial charge in [-0.1, -0.05) is 30.3 Å². The zero-order valence-electron chi connectivity index (χ0n) is 10.5. The second kappa shape index (κ2) is 6.15. The minimum atomic E-state index is -0.392. The molecule has 0 spiro atoms. The predicted molar refractivity (Wildman–Crippen MR) is 77.5 cm³/mol. The molecule has 0 aliphatic heterocycles. The van der Waals surface area contributed by atoms with Gasteiger partial charge >= 0.3 is 5.97 Å². The zero-order valence-corrected chi connectivity index (χ0v) is 11.3. The van der Waals surface area contributed by atoms with Crippen molar-refractivity contribution in [3.63, 3.8) is 0 Å². The summed E-state index contributed by atoms with van der Waals surface area (Å²) in [6.45, 7) is 2.10. The van der Waals surface area contributed by atoms with Crippen molar-refractivity contribution in [2.24, 2.45) is 0 Å². The first-order valence-electron chi connectivity index (χ1n) is 5.86. The Morgan fingerprint density at radius 1 is 1.42 bits per heavy atom. The van der Waals surface area contributed by atoms with E-state index < -0.39 is 5.97 Å². The number of carbonyl (C=O) groups excluding carboxylic acids is 1. The van der Waals surface area contributed by atoms with E-state index in [0.29, 0.717) is 23.0 Å². The van der Waals surface area contributed by atoms with E-state index in [1.54, 1.807) is 18.4 Å². The Kier molecular flexibility index (Phi) is 4.30. The van der Waals surface area contributed by atoms with Gasteiger partial charge in [0.2, 0.25) is 0 Å². The summed E-state index contributed by atoms with van der Waals surface area (Å²) in [5, 5.41) is 2.18. The van der Waals surface area contributed by atoms with Crippen molar-refractivity contribution in [2.75, 3.05) is 12.3 Å². The molecule has 4 nitrogen and oxygen atoms in total. The lowest BCUT2D eigenvalue weighted by Crippen LogP contribution is -2.07. The first-order valence-corrected chi connectivity index (χ1v) is 6.74. The highest BCUT2D eigenvalue weighted by Crippen LogP contribution is 2.23. The van der Waals surface area contributed by atoms with Gasteiger partial charge < -0.3 is 10.5 Å². The molecule has 19 heavy (non-hydrogen) atoms. The fourth-order valence-corrected chi connectivity index (χ4v) is 2.14. The highest BCUT2D eigenvalue weighted by atomic mass is 32.1. The monoisotopic (exact) mass is 274 g/mol. The maximum Gasteiger partial charge on any atom is 0.340 e. The Morgan fingerprint density at radius 3 is 2.74 bits per heavy atom. The van der Waals surface area contributed by atoms with E-state index in [2.05, 4.69) is 4.98 Å². The van der Waals surface area contributed by atoms with Crippen LogP contribution in [0.4, 0.5) is 5.13 Å². The van der Waals surface area contributed by atoms with Crippen molar-refractivity contribution < 1.29 is 9.53 Å². The molecule has 0 amide bonds. The number of rotatable bonds is 4. The summed E-state index contributed by atoms with van der Waals surface area (Å²) < 4.78 is 5.06. The van der Waals surface area contributed by atoms with Gasteiger partial charge in [0.05, 0.1) is 17.9 Å². The number of hydrogen-bond donors (Lipinski definition) is 1. The van der Waals surface area contributed by atoms with Gasteiger partial charge in [0.1, 0.15) is 0 Å². The molecular formula is C14H14N2O2S. The summed E-state index contributed by atoms with van der Waals surface area (Å²) in [4.78, 5) is 16.1. The molecule has 1 aromatic heterocycles. The van der Waals surface area contributed by atoms with Crippen molar-refractivity contribution in [2.45, 2.75) is 6.92 Å². The summed E-state index contributed by atoms with van der Waals surface area (Å²) >= 11 is 1.30. The number of nitrogen functional groups attached to an aromatic ring is 1. The minimum Gasteiger partial charge on any atom is -0.462 e. The smallest absolute Gasteiger partial charge is 0.340 e. The third-order valence-corrected chi connectivity index (χ3v) is 3.08. The van der Waals surface area contributed by atoms with Crippen molar-refractivity contribution in [3.05, 3.63) is 47.0 Å². The zero-order chi connectivity index (χ0) is 13.7. The quantitative estimate of drug-likeness (QED) is 0.687. The van der Waals surface area contributed by atoms with Crippen LogP contribution < -0.4 is 5.73 Å². The van der Waals surface area contributed by atoms with Gasteiger partial charge in [-0.05, 0) is 18.6 Å². The van der Waals surface area contributed by atoms with Crippen molar-refractivity contribution in [3.8, 4) is 0 Å². The molecule has 0 aliphatic rings. The SMILES string of the molecule is CCOC(=O)/C(=C\c1ccccc1)c1csc(N)n1. The van der Waals surface area contributed by atoms with Gasteiger partial charge in [0.15, 0.2) is 5.13 Å². The number of aromatic nitrogens is 1. The molecule has 1 heterocycles. The molecule has 2 rings (SSSR count). The Morgan fingerprint density at radius 2 is 2.16 bits per heavy atom. The normalized spacial score (nSPS) is 11.3. The topological polar surface area (TPSA) is 65.2 Å². The van der Waals surface area contributed by atoms with Crippen LogP contribution in [0, 0.1) is 0 Å². The van der Waals surface area contributed by atoms with E-state index in [1.165, 1.54) is 11.3 Å². The Bertz CT molecular complexity index is 591. The molecule has 0 fully saturated rings. The number of nitrogens with two attached hydrogens (primary N) is 1. The van der Waals surface area contributed by atoms with E-state index in [4.69, 9.17) is 10.5 Å². The summed E-state index contributed by atoms with van der Waals surface area (Å²) in [5.74, 6) is -0.392. The van der Waals surface area contributed by atoms with Gasteiger partial charge in [-0.2, -0.15) is 0 Å². The number of thiazole rings is 1. The largest absolute Gasteiger partial charge is 0.462 e. The van der Waals surface area contributed by atoms with E-state index >= 15 is 0 Å². The van der Waals surface area contributed by atoms with Gasteiger partial charge in [0, 0.05) is 5.38 Å². The standard InChI is InChI=1S/C14H14N2O2S/c1-2-18-13(17)11(12-9-19-14(15)16-12)8-10-6-4-3-5-7-10/h3-9H,2H2,1H3,(H2,15,16)/b11-8-. The predicted octanol–water partition coefficient (Wildman–Crippen LogP) is 2.83. The van der Waals surface area contributed by atoms with Gasteiger partial charge in [0.25, 0.3) is 0 Å². The highest BCUT2D eigenvalue weighted by molar-refractivity contribution is 7.13. The van der Waals surface area contributed by atoms with Crippen LogP contribution in [0.3, 0.4) is 0 Å². The average Bonchev–Trinajstić information content (AvgIpc) is 2.84. The molecule has 1 aromatic carbocycles. The number of esters is 1. The van der Waals surface area contributed by atoms with Crippen molar-refractivity contribution >= 4 is 34.1 Å². The third kappa shape index (κ3) is 3.42. The lowest BCUT2D eigenvalue weighted by atomic mass is 10.1. The maximum atomic E-state index is 12.0. The first kappa shape index (κ1) is 13.3. The Hall–Kier alpha value is -2.14. The highest BCUT2D eigenvalue weighted by Gasteiger charge is 2.16. The molecule has 2 N–H and O–H groups in total. The van der Waals surface area contributed by atoms with Gasteiger partial charge in [-0.25, -0.2) is 9.78 Å². The number of anilines is 1. The Balaban J connectivity index is 2.40. The Labute approximate surface area is 115 Å². The molecule has 0 unspecified atom stereocenters. The molecule has 0 radical (unpaired) electrons. The summed E-state index contributed by atoms with van der Waals surface area (Å²) in [5.41, 5.74) is 7.49. The van der Waals surface area contributed by atoms with E-state index in [0.717, 1.165) is 5.56 Å². The van der Waals surface area contributed by atoms with Crippen LogP contribution in [0.15, 0.2) is 35.7 Å². The molecular weight excluding hydrogens is 260 g/mol.